The predicted octanol–water partition coefficient (Wildman–Crippen LogP) is 3.37. The molecule has 0 aliphatic carbocycles. The lowest BCUT2D eigenvalue weighted by Gasteiger charge is -2.35. The first-order valence-corrected chi connectivity index (χ1v) is 9.18. The van der Waals surface area contributed by atoms with Gasteiger partial charge in [0.1, 0.15) is 17.0 Å². The van der Waals surface area contributed by atoms with Crippen LogP contribution in [-0.4, -0.2) is 46.0 Å². The Morgan fingerprint density at radius 1 is 1.17 bits per heavy atom. The van der Waals surface area contributed by atoms with E-state index in [1.54, 1.807) is 23.9 Å². The number of aromatic nitrogens is 3. The lowest BCUT2D eigenvalue weighted by atomic mass is 10.2. The highest BCUT2D eigenvalue weighted by Crippen LogP contribution is 2.30. The first-order valence-electron chi connectivity index (χ1n) is 7.98. The van der Waals surface area contributed by atoms with Gasteiger partial charge in [0.15, 0.2) is 0 Å². The largest absolute Gasteiger partial charge is 0.353 e. The van der Waals surface area contributed by atoms with Gasteiger partial charge in [-0.1, -0.05) is 11.6 Å². The van der Waals surface area contributed by atoms with Crippen molar-refractivity contribution in [1.29, 1.82) is 0 Å². The summed E-state index contributed by atoms with van der Waals surface area (Å²) in [6, 6.07) is 5.96. The first-order chi connectivity index (χ1) is 11.7. The Bertz CT molecular complexity index is 857. The number of thiophene rings is 1. The highest BCUT2D eigenvalue weighted by Gasteiger charge is 2.21. The first kappa shape index (κ1) is 15.7. The van der Waals surface area contributed by atoms with E-state index in [0.717, 1.165) is 54.1 Å². The number of hydrogen-bond donors (Lipinski definition) is 0. The Kier molecular flexibility index (Phi) is 4.35. The van der Waals surface area contributed by atoms with Crippen molar-refractivity contribution in [3.63, 3.8) is 0 Å². The summed E-state index contributed by atoms with van der Waals surface area (Å²) in [5.41, 5.74) is 0.950. The van der Waals surface area contributed by atoms with Gasteiger partial charge in [0.25, 0.3) is 0 Å². The fourth-order valence-corrected chi connectivity index (χ4v) is 4.10. The monoisotopic (exact) mass is 359 g/mol. The zero-order valence-corrected chi connectivity index (χ0v) is 15.0. The molecule has 1 saturated heterocycles. The second-order valence-corrected chi connectivity index (χ2v) is 7.61. The van der Waals surface area contributed by atoms with Crippen molar-refractivity contribution in [2.24, 2.45) is 0 Å². The average molecular weight is 360 g/mol. The Morgan fingerprint density at radius 3 is 2.79 bits per heavy atom. The zero-order chi connectivity index (χ0) is 16.5. The summed E-state index contributed by atoms with van der Waals surface area (Å²) in [5.74, 6) is 1.06. The summed E-state index contributed by atoms with van der Waals surface area (Å²) in [4.78, 5) is 20.4. The number of pyridine rings is 1. The highest BCUT2D eigenvalue weighted by molar-refractivity contribution is 7.18. The highest BCUT2D eigenvalue weighted by atomic mass is 35.5. The minimum atomic E-state index is 0.742. The average Bonchev–Trinajstić information content (AvgIpc) is 2.98. The zero-order valence-electron chi connectivity index (χ0n) is 13.4. The number of halogens is 1. The molecule has 124 valence electrons. The molecule has 24 heavy (non-hydrogen) atoms. The van der Waals surface area contributed by atoms with E-state index in [9.17, 15) is 0 Å². The van der Waals surface area contributed by atoms with Crippen LogP contribution in [0.2, 0.25) is 5.02 Å². The molecule has 1 fully saturated rings. The molecule has 5 nitrogen and oxygen atoms in total. The Hall–Kier alpha value is -1.76. The molecule has 0 aromatic carbocycles. The van der Waals surface area contributed by atoms with E-state index in [2.05, 4.69) is 37.7 Å². The van der Waals surface area contributed by atoms with Crippen LogP contribution in [0.15, 0.2) is 30.7 Å². The predicted molar refractivity (Wildman–Crippen MR) is 98.9 cm³/mol. The molecule has 0 saturated carbocycles. The lowest BCUT2D eigenvalue weighted by molar-refractivity contribution is 0.247. The summed E-state index contributed by atoms with van der Waals surface area (Å²) < 4.78 is 0. The van der Waals surface area contributed by atoms with Crippen LogP contribution in [0.3, 0.4) is 0 Å². The van der Waals surface area contributed by atoms with Crippen LogP contribution in [0.4, 0.5) is 5.82 Å². The van der Waals surface area contributed by atoms with Crippen molar-refractivity contribution in [3.8, 4) is 0 Å². The van der Waals surface area contributed by atoms with E-state index in [-0.39, 0.29) is 0 Å². The number of hydrogen-bond acceptors (Lipinski definition) is 6. The topological polar surface area (TPSA) is 45.2 Å². The normalized spacial score (nSPS) is 16.0. The van der Waals surface area contributed by atoms with Crippen molar-refractivity contribution in [2.45, 2.75) is 13.5 Å². The van der Waals surface area contributed by atoms with Crippen molar-refractivity contribution in [2.75, 3.05) is 31.1 Å². The second-order valence-electron chi connectivity index (χ2n) is 5.97. The van der Waals surface area contributed by atoms with Gasteiger partial charge in [0, 0.05) is 43.8 Å². The van der Waals surface area contributed by atoms with Gasteiger partial charge in [-0.2, -0.15) is 0 Å². The molecular formula is C17H18ClN5S. The van der Waals surface area contributed by atoms with Crippen molar-refractivity contribution in [1.82, 2.24) is 19.9 Å². The summed E-state index contributed by atoms with van der Waals surface area (Å²) in [5, 5.41) is 1.91. The molecule has 0 radical (unpaired) electrons. The molecule has 0 atom stereocenters. The van der Waals surface area contributed by atoms with Crippen molar-refractivity contribution >= 4 is 39.0 Å². The van der Waals surface area contributed by atoms with Gasteiger partial charge >= 0.3 is 0 Å². The molecule has 3 aromatic rings. The van der Waals surface area contributed by atoms with Gasteiger partial charge in [-0.05, 0) is 25.1 Å². The summed E-state index contributed by atoms with van der Waals surface area (Å²) >= 11 is 7.94. The Morgan fingerprint density at radius 2 is 2.00 bits per heavy atom. The van der Waals surface area contributed by atoms with E-state index in [1.807, 2.05) is 12.1 Å². The molecule has 3 aromatic heterocycles. The van der Waals surface area contributed by atoms with Gasteiger partial charge in [-0.25, -0.2) is 9.97 Å². The van der Waals surface area contributed by atoms with E-state index in [4.69, 9.17) is 11.6 Å². The molecule has 0 amide bonds. The lowest BCUT2D eigenvalue weighted by Crippen LogP contribution is -2.46. The van der Waals surface area contributed by atoms with Crippen LogP contribution in [0.25, 0.3) is 10.2 Å². The van der Waals surface area contributed by atoms with Crippen LogP contribution < -0.4 is 4.90 Å². The third-order valence-electron chi connectivity index (χ3n) is 4.31. The molecule has 1 aliphatic rings. The minimum absolute atomic E-state index is 0.742. The SMILES string of the molecule is Cc1cc2c(N3CCN(Cc4ncccc4Cl)CC3)ncnc2s1. The van der Waals surface area contributed by atoms with Gasteiger partial charge in [0.05, 0.1) is 16.1 Å². The van der Waals surface area contributed by atoms with Gasteiger partial charge in [0.2, 0.25) is 0 Å². The standard InChI is InChI=1S/C17H18ClN5S/c1-12-9-13-16(20-11-21-17(13)24-12)23-7-5-22(6-8-23)10-15-14(18)3-2-4-19-15/h2-4,9,11H,5-8,10H2,1H3. The third kappa shape index (κ3) is 3.09. The molecule has 7 heteroatoms. The third-order valence-corrected chi connectivity index (χ3v) is 5.61. The molecule has 0 bridgehead atoms. The van der Waals surface area contributed by atoms with Gasteiger partial charge < -0.3 is 4.90 Å². The smallest absolute Gasteiger partial charge is 0.140 e. The number of nitrogens with zero attached hydrogens (tertiary/aromatic N) is 5. The van der Waals surface area contributed by atoms with Gasteiger partial charge in [-0.15, -0.1) is 11.3 Å². The maximum atomic E-state index is 6.22. The van der Waals surface area contributed by atoms with E-state index in [0.29, 0.717) is 0 Å². The van der Waals surface area contributed by atoms with Crippen LogP contribution in [0.5, 0.6) is 0 Å². The van der Waals surface area contributed by atoms with Gasteiger partial charge in [-0.3, -0.25) is 9.88 Å². The molecule has 0 spiro atoms. The quantitative estimate of drug-likeness (QED) is 0.717. The molecule has 0 N–H and O–H groups in total. The number of piperazine rings is 1. The molecule has 0 unspecified atom stereocenters. The van der Waals surface area contributed by atoms with Crippen LogP contribution in [0.1, 0.15) is 10.6 Å². The van der Waals surface area contributed by atoms with Crippen molar-refractivity contribution < 1.29 is 0 Å². The Labute approximate surface area is 149 Å². The fourth-order valence-electron chi connectivity index (χ4n) is 3.08. The molecule has 4 rings (SSSR count). The maximum absolute atomic E-state index is 6.22. The second kappa shape index (κ2) is 6.63. The minimum Gasteiger partial charge on any atom is -0.353 e. The molecule has 1 aliphatic heterocycles. The summed E-state index contributed by atoms with van der Waals surface area (Å²) in [6.45, 7) is 6.76. The van der Waals surface area contributed by atoms with Crippen LogP contribution in [-0.2, 0) is 6.54 Å². The fraction of sp³-hybridized carbons (Fsp3) is 0.353. The number of anilines is 1. The molecule has 4 heterocycles. The van der Waals surface area contributed by atoms with Crippen LogP contribution >= 0.6 is 22.9 Å². The summed E-state index contributed by atoms with van der Waals surface area (Å²) in [6.07, 6.45) is 3.47. The Balaban J connectivity index is 1.47. The van der Waals surface area contributed by atoms with Crippen molar-refractivity contribution in [3.05, 3.63) is 46.3 Å². The van der Waals surface area contributed by atoms with Crippen LogP contribution in [0, 0.1) is 6.92 Å². The van der Waals surface area contributed by atoms with E-state index in [1.165, 1.54) is 10.3 Å². The number of fused-ring (bicyclic) bond motifs is 1. The summed E-state index contributed by atoms with van der Waals surface area (Å²) in [7, 11) is 0. The number of rotatable bonds is 3. The maximum Gasteiger partial charge on any atom is 0.140 e. The molecular weight excluding hydrogens is 342 g/mol. The van der Waals surface area contributed by atoms with E-state index >= 15 is 0 Å². The van der Waals surface area contributed by atoms with E-state index < -0.39 is 0 Å². The number of aryl methyl sites for hydroxylation is 1.